The van der Waals surface area contributed by atoms with Gasteiger partial charge in [0.1, 0.15) is 0 Å². The number of hydrogen-bond donors (Lipinski definition) is 0. The molecule has 55 heavy (non-hydrogen) atoms. The molecule has 0 saturated carbocycles. The van der Waals surface area contributed by atoms with Crippen molar-refractivity contribution in [1.82, 2.24) is 9.55 Å². The standard InChI is InChI=1S/C52H45N3/c1-4-14-45-46-32-37(26-29-50(46)55(51(45)35-24-25-35)40-27-28-44-43-21-8-10-22-47(43)52(2,3)48(44)33-40)36-15-12-16-38(31-36)42-20-9-11-23-49(42)54(39-17-6-5-7-18-39)41-19-13-30-53-34-41/h4-9,11-21,23-24,27-28,30-34H,10,22,25-26,29H2,1-3H3/b14-4-. The van der Waals surface area contributed by atoms with Crippen molar-refractivity contribution >= 4 is 45.9 Å². The van der Waals surface area contributed by atoms with Gasteiger partial charge >= 0.3 is 0 Å². The lowest BCUT2D eigenvalue weighted by Gasteiger charge is -2.27. The highest BCUT2D eigenvalue weighted by molar-refractivity contribution is 5.95. The average Bonchev–Trinajstić information content (AvgIpc) is 3.99. The van der Waals surface area contributed by atoms with Crippen LogP contribution < -0.4 is 4.90 Å². The summed E-state index contributed by atoms with van der Waals surface area (Å²) in [7, 11) is 0. The SMILES string of the molecule is C/C=C\c1c2c(n(-c3ccc4c(c3)C(C)(C)C3=C4C=CCC3)c1C1=CC1)CCC(c1cccc(-c3ccccc3N(c3ccccc3)c3cccnc3)c1)=C2. The van der Waals surface area contributed by atoms with Crippen LogP contribution in [-0.2, 0) is 11.8 Å². The van der Waals surface area contributed by atoms with Crippen LogP contribution in [0, 0.1) is 0 Å². The van der Waals surface area contributed by atoms with Crippen LogP contribution in [0.3, 0.4) is 0 Å². The summed E-state index contributed by atoms with van der Waals surface area (Å²) in [6.07, 6.45) is 23.3. The average molecular weight is 712 g/mol. The van der Waals surface area contributed by atoms with Crippen LogP contribution in [0.25, 0.3) is 45.7 Å². The second-order valence-corrected chi connectivity index (χ2v) is 15.7. The zero-order chi connectivity index (χ0) is 37.1. The van der Waals surface area contributed by atoms with Crippen molar-refractivity contribution in [3.8, 4) is 16.8 Å². The Bertz CT molecular complexity index is 2600. The molecule has 0 aliphatic heterocycles. The second kappa shape index (κ2) is 13.3. The van der Waals surface area contributed by atoms with E-state index < -0.39 is 0 Å². The highest BCUT2D eigenvalue weighted by Crippen LogP contribution is 2.52. The maximum absolute atomic E-state index is 4.49. The van der Waals surface area contributed by atoms with E-state index in [1.807, 2.05) is 18.5 Å². The van der Waals surface area contributed by atoms with Crippen LogP contribution in [0.4, 0.5) is 17.1 Å². The van der Waals surface area contributed by atoms with Gasteiger partial charge in [-0.1, -0.05) is 110 Å². The molecule has 2 aromatic heterocycles. The monoisotopic (exact) mass is 711 g/mol. The lowest BCUT2D eigenvalue weighted by Crippen LogP contribution is -2.18. The molecule has 4 aliphatic rings. The van der Waals surface area contributed by atoms with Crippen molar-refractivity contribution in [2.24, 2.45) is 0 Å². The topological polar surface area (TPSA) is 21.1 Å². The minimum absolute atomic E-state index is 0.0383. The molecule has 0 radical (unpaired) electrons. The molecule has 4 aromatic carbocycles. The molecule has 0 amide bonds. The fourth-order valence-corrected chi connectivity index (χ4v) is 9.42. The third-order valence-electron chi connectivity index (χ3n) is 12.1. The highest BCUT2D eigenvalue weighted by atomic mass is 15.1. The Balaban J connectivity index is 1.07. The molecule has 268 valence electrons. The summed E-state index contributed by atoms with van der Waals surface area (Å²) in [4.78, 5) is 6.80. The van der Waals surface area contributed by atoms with Crippen LogP contribution in [0.15, 0.2) is 151 Å². The molecule has 0 bridgehead atoms. The van der Waals surface area contributed by atoms with Crippen molar-refractivity contribution in [1.29, 1.82) is 0 Å². The summed E-state index contributed by atoms with van der Waals surface area (Å²) >= 11 is 0. The molecule has 2 heterocycles. The maximum atomic E-state index is 4.49. The smallest absolute Gasteiger partial charge is 0.0645 e. The van der Waals surface area contributed by atoms with Gasteiger partial charge in [-0.15, -0.1) is 0 Å². The van der Waals surface area contributed by atoms with Crippen LogP contribution in [0.5, 0.6) is 0 Å². The van der Waals surface area contributed by atoms with Crippen molar-refractivity contribution in [2.75, 3.05) is 4.90 Å². The largest absolute Gasteiger partial charge is 0.313 e. The van der Waals surface area contributed by atoms with Gasteiger partial charge in [-0.05, 0) is 133 Å². The first-order chi connectivity index (χ1) is 27.0. The Morgan fingerprint density at radius 3 is 2.40 bits per heavy atom. The van der Waals surface area contributed by atoms with Gasteiger partial charge in [0.05, 0.1) is 23.3 Å². The van der Waals surface area contributed by atoms with Gasteiger partial charge in [0, 0.05) is 45.4 Å². The fraction of sp³-hybridized carbons (Fsp3) is 0.173. The van der Waals surface area contributed by atoms with Crippen LogP contribution in [0.2, 0.25) is 0 Å². The number of benzene rings is 4. The Hall–Kier alpha value is -6.19. The van der Waals surface area contributed by atoms with Crippen LogP contribution >= 0.6 is 0 Å². The molecule has 0 fully saturated rings. The Kier molecular flexibility index (Phi) is 8.06. The number of para-hydroxylation sites is 2. The second-order valence-electron chi connectivity index (χ2n) is 15.7. The number of fused-ring (bicyclic) bond motifs is 3. The van der Waals surface area contributed by atoms with Gasteiger partial charge in [-0.3, -0.25) is 4.98 Å². The lowest BCUT2D eigenvalue weighted by atomic mass is 9.78. The maximum Gasteiger partial charge on any atom is 0.0645 e. The fourth-order valence-electron chi connectivity index (χ4n) is 9.42. The molecule has 3 heteroatoms. The summed E-state index contributed by atoms with van der Waals surface area (Å²) in [6, 6.07) is 39.9. The van der Waals surface area contributed by atoms with Gasteiger partial charge in [-0.2, -0.15) is 0 Å². The number of allylic oxidation sites excluding steroid dienone is 8. The van der Waals surface area contributed by atoms with Gasteiger partial charge in [0.15, 0.2) is 0 Å². The van der Waals surface area contributed by atoms with E-state index in [-0.39, 0.29) is 5.41 Å². The molecule has 0 unspecified atom stereocenters. The van der Waals surface area contributed by atoms with E-state index in [4.69, 9.17) is 0 Å². The Labute approximate surface area is 325 Å². The molecule has 3 nitrogen and oxygen atoms in total. The summed E-state index contributed by atoms with van der Waals surface area (Å²) in [5.41, 5.74) is 22.5. The zero-order valence-corrected chi connectivity index (χ0v) is 31.9. The molecule has 6 aromatic rings. The van der Waals surface area contributed by atoms with E-state index in [2.05, 4.69) is 175 Å². The van der Waals surface area contributed by atoms with E-state index in [0.717, 1.165) is 49.2 Å². The van der Waals surface area contributed by atoms with E-state index in [0.29, 0.717) is 0 Å². The number of rotatable bonds is 8. The lowest BCUT2D eigenvalue weighted by molar-refractivity contribution is 0.607. The summed E-state index contributed by atoms with van der Waals surface area (Å²) < 4.78 is 2.61. The van der Waals surface area contributed by atoms with E-state index in [1.54, 1.807) is 5.57 Å². The number of anilines is 3. The van der Waals surface area contributed by atoms with Crippen molar-refractivity contribution < 1.29 is 0 Å². The predicted octanol–water partition coefficient (Wildman–Crippen LogP) is 13.7. The normalized spacial score (nSPS) is 16.4. The minimum Gasteiger partial charge on any atom is -0.313 e. The van der Waals surface area contributed by atoms with Gasteiger partial charge in [0.2, 0.25) is 0 Å². The Morgan fingerprint density at radius 1 is 0.764 bits per heavy atom. The van der Waals surface area contributed by atoms with Gasteiger partial charge in [0.25, 0.3) is 0 Å². The highest BCUT2D eigenvalue weighted by Gasteiger charge is 2.38. The number of aromatic nitrogens is 2. The van der Waals surface area contributed by atoms with E-state index in [9.17, 15) is 0 Å². The summed E-state index contributed by atoms with van der Waals surface area (Å²) in [5, 5.41) is 0. The molecule has 4 aliphatic carbocycles. The predicted molar refractivity (Wildman–Crippen MR) is 232 cm³/mol. The van der Waals surface area contributed by atoms with Crippen LogP contribution in [0.1, 0.15) is 85.7 Å². The quantitative estimate of drug-likeness (QED) is 0.157. The van der Waals surface area contributed by atoms with Gasteiger partial charge in [-0.25, -0.2) is 0 Å². The number of nitrogens with zero attached hydrogens (tertiary/aromatic N) is 3. The minimum atomic E-state index is 0.0383. The van der Waals surface area contributed by atoms with Crippen molar-refractivity contribution in [2.45, 2.75) is 58.3 Å². The molecular weight excluding hydrogens is 667 g/mol. The molecule has 0 atom stereocenters. The van der Waals surface area contributed by atoms with Crippen molar-refractivity contribution in [3.63, 3.8) is 0 Å². The molecule has 0 saturated heterocycles. The van der Waals surface area contributed by atoms with E-state index in [1.165, 1.54) is 72.7 Å². The number of hydrogen-bond acceptors (Lipinski definition) is 2. The molecule has 10 rings (SSSR count). The zero-order valence-electron chi connectivity index (χ0n) is 31.9. The first kappa shape index (κ1) is 33.4. The van der Waals surface area contributed by atoms with Crippen LogP contribution in [-0.4, -0.2) is 9.55 Å². The molecular formula is C52H45N3. The van der Waals surface area contributed by atoms with Crippen molar-refractivity contribution in [3.05, 3.63) is 191 Å². The number of pyridine rings is 1. The van der Waals surface area contributed by atoms with E-state index >= 15 is 0 Å². The Morgan fingerprint density at radius 2 is 1.58 bits per heavy atom. The molecule has 0 spiro atoms. The first-order valence-corrected chi connectivity index (χ1v) is 19.8. The van der Waals surface area contributed by atoms with Gasteiger partial charge < -0.3 is 9.47 Å². The third kappa shape index (κ3) is 5.60. The summed E-state index contributed by atoms with van der Waals surface area (Å²) in [6.45, 7) is 7.00. The third-order valence-corrected chi connectivity index (χ3v) is 12.1. The first-order valence-electron chi connectivity index (χ1n) is 19.8. The summed E-state index contributed by atoms with van der Waals surface area (Å²) in [5.74, 6) is 0. The molecule has 0 N–H and O–H groups in total.